The largest absolute Gasteiger partial charge is 1.00 e. The van der Waals surface area contributed by atoms with Crippen LogP contribution in [0.1, 0.15) is 6.42 Å². The van der Waals surface area contributed by atoms with Crippen molar-refractivity contribution in [1.29, 1.82) is 0 Å². The minimum atomic E-state index is -2.81. The van der Waals surface area contributed by atoms with Gasteiger partial charge in [-0.1, -0.05) is 0 Å². The number of carboxylic acid groups (broad SMARTS) is 3. The molecule has 27 heavy (non-hydrogen) atoms. The summed E-state index contributed by atoms with van der Waals surface area (Å²) in [6.45, 7) is -0.932. The van der Waals surface area contributed by atoms with Gasteiger partial charge in [0.25, 0.3) is 0 Å². The molecule has 0 heterocycles. The van der Waals surface area contributed by atoms with Gasteiger partial charge >= 0.3 is 97.5 Å². The second-order valence-corrected chi connectivity index (χ2v) is 7.82. The molecule has 2 amide bonds. The van der Waals surface area contributed by atoms with E-state index >= 15 is 0 Å². The molecule has 0 saturated carbocycles. The molecular formula is C12H21N2Na3O9Si. The Morgan fingerprint density at radius 2 is 1.26 bits per heavy atom. The van der Waals surface area contributed by atoms with E-state index in [4.69, 9.17) is 13.3 Å². The van der Waals surface area contributed by atoms with Crippen LogP contribution in [0, 0.1) is 0 Å². The van der Waals surface area contributed by atoms with Crippen LogP contribution in [-0.4, -0.2) is 84.3 Å². The third-order valence-corrected chi connectivity index (χ3v) is 6.16. The minimum Gasteiger partial charge on any atom is -0.549 e. The quantitative estimate of drug-likeness (QED) is 0.270. The summed E-state index contributed by atoms with van der Waals surface area (Å²) < 4.78 is 15.7. The molecular weight excluding hydrogens is 413 g/mol. The molecule has 0 N–H and O–H groups in total. The number of imide groups is 1. The topological polar surface area (TPSA) is 155 Å². The second kappa shape index (κ2) is 19.2. The maximum Gasteiger partial charge on any atom is 1.00 e. The molecule has 15 heteroatoms. The van der Waals surface area contributed by atoms with E-state index in [9.17, 15) is 29.7 Å². The molecule has 0 fully saturated rings. The molecule has 0 rings (SSSR count). The normalized spacial score (nSPS) is 10.2. The zero-order valence-electron chi connectivity index (χ0n) is 16.8. The third kappa shape index (κ3) is 14.8. The Hall–Kier alpha value is 1.27. The van der Waals surface area contributed by atoms with Crippen molar-refractivity contribution in [3.8, 4) is 0 Å². The number of nitrogens with zero attached hydrogens (tertiary/aromatic N) is 2. The first-order chi connectivity index (χ1) is 11.2. The van der Waals surface area contributed by atoms with E-state index in [1.807, 2.05) is 0 Å². The maximum atomic E-state index is 10.8. The van der Waals surface area contributed by atoms with Gasteiger partial charge in [-0.05, 0) is 13.0 Å². The van der Waals surface area contributed by atoms with Crippen molar-refractivity contribution in [3.05, 3.63) is 0 Å². The summed E-state index contributed by atoms with van der Waals surface area (Å²) in [5, 5.41) is 32.0. The van der Waals surface area contributed by atoms with Gasteiger partial charge in [-0.25, -0.2) is 0 Å². The number of hydrogen-bond acceptors (Lipinski definition) is 10. The van der Waals surface area contributed by atoms with Gasteiger partial charge < -0.3 is 47.9 Å². The van der Waals surface area contributed by atoms with Crippen molar-refractivity contribution in [1.82, 2.24) is 9.80 Å². The van der Waals surface area contributed by atoms with Crippen LogP contribution in [0.4, 0.5) is 9.59 Å². The fourth-order valence-corrected chi connectivity index (χ4v) is 3.73. The first kappa shape index (κ1) is 35.7. The smallest absolute Gasteiger partial charge is 0.549 e. The van der Waals surface area contributed by atoms with Gasteiger partial charge in [-0.2, -0.15) is 0 Å². The van der Waals surface area contributed by atoms with Crippen LogP contribution in [0.3, 0.4) is 0 Å². The zero-order valence-corrected chi connectivity index (χ0v) is 23.8. The van der Waals surface area contributed by atoms with Crippen molar-refractivity contribution in [2.24, 2.45) is 0 Å². The molecule has 0 aromatic carbocycles. The Morgan fingerprint density at radius 3 is 1.59 bits per heavy atom. The number of amides is 2. The van der Waals surface area contributed by atoms with Crippen LogP contribution in [0.5, 0.6) is 0 Å². The number of carbonyl (C=O) groups is 3. The van der Waals surface area contributed by atoms with E-state index in [0.717, 1.165) is 0 Å². The van der Waals surface area contributed by atoms with Crippen molar-refractivity contribution in [2.45, 2.75) is 12.5 Å². The summed E-state index contributed by atoms with van der Waals surface area (Å²) in [7, 11) is 1.51. The molecule has 0 aromatic heterocycles. The summed E-state index contributed by atoms with van der Waals surface area (Å²) in [5.41, 5.74) is 0. The number of aliphatic carboxylic acids is 1. The molecule has 0 bridgehead atoms. The van der Waals surface area contributed by atoms with Crippen LogP contribution in [0.15, 0.2) is 0 Å². The third-order valence-electron chi connectivity index (χ3n) is 3.32. The average Bonchev–Trinajstić information content (AvgIpc) is 2.50. The van der Waals surface area contributed by atoms with E-state index in [0.29, 0.717) is 12.5 Å². The van der Waals surface area contributed by atoms with Crippen molar-refractivity contribution < 1.29 is 132 Å². The van der Waals surface area contributed by atoms with Gasteiger partial charge in [0, 0.05) is 47.0 Å². The summed E-state index contributed by atoms with van der Waals surface area (Å²) >= 11 is 0. The van der Waals surface area contributed by atoms with Crippen LogP contribution in [0.25, 0.3) is 0 Å². The molecule has 0 atom stereocenters. The summed E-state index contributed by atoms with van der Waals surface area (Å²) in [6, 6.07) is 0.394. The molecule has 0 aromatic rings. The molecule has 0 saturated heterocycles. The number of carboxylic acids is 1. The summed E-state index contributed by atoms with van der Waals surface area (Å²) in [6.07, 6.45) is -3.45. The Kier molecular flexibility index (Phi) is 25.4. The van der Waals surface area contributed by atoms with Gasteiger partial charge in [-0.15, -0.1) is 0 Å². The first-order valence-corrected chi connectivity index (χ1v) is 8.91. The van der Waals surface area contributed by atoms with Crippen molar-refractivity contribution in [2.75, 3.05) is 47.5 Å². The van der Waals surface area contributed by atoms with Crippen LogP contribution in [-0.2, 0) is 18.1 Å². The van der Waals surface area contributed by atoms with E-state index in [-0.39, 0.29) is 107 Å². The Morgan fingerprint density at radius 1 is 0.815 bits per heavy atom. The molecule has 0 spiro atoms. The maximum absolute atomic E-state index is 10.8. The predicted molar refractivity (Wildman–Crippen MR) is 75.2 cm³/mol. The Bertz CT molecular complexity index is 422. The van der Waals surface area contributed by atoms with E-state index < -0.39 is 40.0 Å². The van der Waals surface area contributed by atoms with Gasteiger partial charge in [0.1, 0.15) is 12.2 Å². The fourth-order valence-electron chi connectivity index (χ4n) is 2.03. The van der Waals surface area contributed by atoms with Gasteiger partial charge in [0.2, 0.25) is 0 Å². The van der Waals surface area contributed by atoms with E-state index in [1.165, 1.54) is 26.2 Å². The van der Waals surface area contributed by atoms with Crippen LogP contribution >= 0.6 is 0 Å². The monoisotopic (exact) mass is 434 g/mol. The van der Waals surface area contributed by atoms with E-state index in [2.05, 4.69) is 0 Å². The Balaban J connectivity index is -0.000000882. The Labute approximate surface area is 225 Å². The van der Waals surface area contributed by atoms with E-state index in [1.54, 1.807) is 0 Å². The van der Waals surface area contributed by atoms with Gasteiger partial charge in [0.05, 0.1) is 5.97 Å². The number of carbonyl (C=O) groups excluding carboxylic acids is 3. The number of hydrogen-bond donors (Lipinski definition) is 0. The molecule has 0 aliphatic rings. The van der Waals surface area contributed by atoms with Gasteiger partial charge in [-0.3, -0.25) is 4.90 Å². The molecule has 11 nitrogen and oxygen atoms in total. The summed E-state index contributed by atoms with van der Waals surface area (Å²) in [5.74, 6) is -1.38. The van der Waals surface area contributed by atoms with Crippen LogP contribution in [0.2, 0.25) is 6.04 Å². The van der Waals surface area contributed by atoms with Crippen molar-refractivity contribution in [3.63, 3.8) is 0 Å². The fraction of sp³-hybridized carbons (Fsp3) is 0.750. The SMILES string of the molecule is CO[Si](CCCN(CCN(C(=O)[O-])C(=O)[O-])CC(=O)[O-])(OC)OC.[Na+].[Na+].[Na+]. The molecule has 140 valence electrons. The minimum absolute atomic E-state index is 0. The molecule has 0 aliphatic heterocycles. The predicted octanol–water partition coefficient (Wildman–Crippen LogP) is -12.7. The van der Waals surface area contributed by atoms with Crippen molar-refractivity contribution >= 4 is 27.0 Å². The molecule has 0 aliphatic carbocycles. The molecule has 0 radical (unpaired) electrons. The zero-order chi connectivity index (χ0) is 18.8. The first-order valence-electron chi connectivity index (χ1n) is 6.98. The molecule has 0 unspecified atom stereocenters. The summed E-state index contributed by atoms with van der Waals surface area (Å²) in [4.78, 5) is 33.3. The number of rotatable bonds is 12. The van der Waals surface area contributed by atoms with Gasteiger partial charge in [0.15, 0.2) is 0 Å². The second-order valence-electron chi connectivity index (χ2n) is 4.73. The van der Waals surface area contributed by atoms with Crippen LogP contribution < -0.4 is 104 Å². The standard InChI is InChI=1S/C12H24N2O9Si.3Na/c1-21-24(22-2,23-3)8-4-5-13(9-10(15)16)6-7-14(11(17)18)12(19)20;;;/h4-9H2,1-3H3,(H,15,16)(H,17,18)(H,19,20);;;/q;3*+1/p-3. The average molecular weight is 434 g/mol.